The van der Waals surface area contributed by atoms with Gasteiger partial charge in [0.1, 0.15) is 5.82 Å². The highest BCUT2D eigenvalue weighted by atomic mass is 35.5. The van der Waals surface area contributed by atoms with Gasteiger partial charge in [0.05, 0.1) is 10.0 Å². The predicted octanol–water partition coefficient (Wildman–Crippen LogP) is 3.54. The van der Waals surface area contributed by atoms with E-state index in [2.05, 4.69) is 0 Å². The maximum Gasteiger partial charge on any atom is 0.125 e. The minimum atomic E-state index is -0.384. The summed E-state index contributed by atoms with van der Waals surface area (Å²) in [6.07, 6.45) is 2.18. The summed E-state index contributed by atoms with van der Waals surface area (Å²) in [5, 5.41) is 0.616. The summed E-state index contributed by atoms with van der Waals surface area (Å²) in [6, 6.07) is 2.39. The smallest absolute Gasteiger partial charge is 0.125 e. The Bertz CT molecular complexity index is 363. The molecule has 0 heterocycles. The topological polar surface area (TPSA) is 26.0 Å². The Labute approximate surface area is 92.0 Å². The van der Waals surface area contributed by atoms with E-state index in [9.17, 15) is 4.39 Å². The van der Waals surface area contributed by atoms with Gasteiger partial charge in [0.25, 0.3) is 0 Å². The van der Waals surface area contributed by atoms with Crippen molar-refractivity contribution in [2.24, 2.45) is 11.7 Å². The summed E-state index contributed by atoms with van der Waals surface area (Å²) in [4.78, 5) is 0. The highest BCUT2D eigenvalue weighted by Crippen LogP contribution is 2.42. The third-order valence-electron chi connectivity index (χ3n) is 2.51. The zero-order valence-electron chi connectivity index (χ0n) is 7.43. The standard InChI is InChI=1S/C10H10Cl2FN/c11-8-4-6(13)3-7(9(8)12)10(14)5-1-2-5/h3-5,10H,1-2,14H2/t10-/m0/s1. The van der Waals surface area contributed by atoms with Gasteiger partial charge in [-0.3, -0.25) is 0 Å². The van der Waals surface area contributed by atoms with Crippen LogP contribution in [0.4, 0.5) is 4.39 Å². The molecule has 4 heteroatoms. The number of hydrogen-bond acceptors (Lipinski definition) is 1. The van der Waals surface area contributed by atoms with Gasteiger partial charge in [0.15, 0.2) is 0 Å². The maximum atomic E-state index is 13.1. The molecule has 0 spiro atoms. The lowest BCUT2D eigenvalue weighted by molar-refractivity contribution is 0.602. The Morgan fingerprint density at radius 3 is 2.57 bits per heavy atom. The molecule has 1 aromatic carbocycles. The zero-order valence-corrected chi connectivity index (χ0v) is 8.95. The molecule has 0 radical (unpaired) electrons. The fourth-order valence-corrected chi connectivity index (χ4v) is 1.98. The second-order valence-corrected chi connectivity index (χ2v) is 4.44. The van der Waals surface area contributed by atoms with Crippen LogP contribution >= 0.6 is 23.2 Å². The molecule has 0 bridgehead atoms. The zero-order chi connectivity index (χ0) is 10.3. The predicted molar refractivity (Wildman–Crippen MR) is 56.1 cm³/mol. The Morgan fingerprint density at radius 2 is 2.00 bits per heavy atom. The molecule has 1 aliphatic carbocycles. The monoisotopic (exact) mass is 233 g/mol. The van der Waals surface area contributed by atoms with Crippen molar-refractivity contribution >= 4 is 23.2 Å². The van der Waals surface area contributed by atoms with Crippen LogP contribution in [-0.4, -0.2) is 0 Å². The first kappa shape index (κ1) is 10.2. The normalized spacial score (nSPS) is 18.3. The molecule has 1 aliphatic rings. The summed E-state index contributed by atoms with van der Waals surface area (Å²) in [6.45, 7) is 0. The molecule has 0 unspecified atom stereocenters. The first-order valence-electron chi connectivity index (χ1n) is 4.49. The van der Waals surface area contributed by atoms with Crippen LogP contribution in [0.5, 0.6) is 0 Å². The van der Waals surface area contributed by atoms with Crippen molar-refractivity contribution in [2.45, 2.75) is 18.9 Å². The van der Waals surface area contributed by atoms with Gasteiger partial charge < -0.3 is 5.73 Å². The van der Waals surface area contributed by atoms with E-state index in [1.54, 1.807) is 0 Å². The highest BCUT2D eigenvalue weighted by Gasteiger charge is 2.31. The van der Waals surface area contributed by atoms with Crippen molar-refractivity contribution in [3.8, 4) is 0 Å². The van der Waals surface area contributed by atoms with Gasteiger partial charge in [-0.2, -0.15) is 0 Å². The quantitative estimate of drug-likeness (QED) is 0.778. The Kier molecular flexibility index (Phi) is 2.69. The lowest BCUT2D eigenvalue weighted by atomic mass is 10.0. The summed E-state index contributed by atoms with van der Waals surface area (Å²) in [5.74, 6) is 0.0517. The van der Waals surface area contributed by atoms with Crippen LogP contribution in [0.3, 0.4) is 0 Å². The van der Waals surface area contributed by atoms with Gasteiger partial charge in [-0.05, 0) is 36.5 Å². The summed E-state index contributed by atoms with van der Waals surface area (Å²) in [7, 11) is 0. The van der Waals surface area contributed by atoms with Crippen LogP contribution in [0.15, 0.2) is 12.1 Å². The average molecular weight is 234 g/mol. The number of hydrogen-bond donors (Lipinski definition) is 1. The van der Waals surface area contributed by atoms with E-state index in [-0.39, 0.29) is 16.9 Å². The fraction of sp³-hybridized carbons (Fsp3) is 0.400. The molecule has 1 atom stereocenters. The molecule has 1 aromatic rings. The van der Waals surface area contributed by atoms with Crippen LogP contribution in [-0.2, 0) is 0 Å². The molecule has 0 saturated heterocycles. The van der Waals surface area contributed by atoms with Crippen molar-refractivity contribution in [3.63, 3.8) is 0 Å². The molecule has 76 valence electrons. The number of rotatable bonds is 2. The molecule has 2 rings (SSSR count). The first-order valence-corrected chi connectivity index (χ1v) is 5.25. The third kappa shape index (κ3) is 1.88. The van der Waals surface area contributed by atoms with E-state index < -0.39 is 0 Å². The Morgan fingerprint density at radius 1 is 1.36 bits per heavy atom. The van der Waals surface area contributed by atoms with Gasteiger partial charge >= 0.3 is 0 Å². The second kappa shape index (κ2) is 3.69. The third-order valence-corrected chi connectivity index (χ3v) is 3.33. The molecule has 1 nitrogen and oxygen atoms in total. The van der Waals surface area contributed by atoms with Gasteiger partial charge in [0, 0.05) is 6.04 Å². The minimum Gasteiger partial charge on any atom is -0.324 e. The van der Waals surface area contributed by atoms with Crippen LogP contribution in [0.2, 0.25) is 10.0 Å². The molecular formula is C10H10Cl2FN. The average Bonchev–Trinajstić information content (AvgIpc) is 2.93. The van der Waals surface area contributed by atoms with Crippen LogP contribution < -0.4 is 5.73 Å². The van der Waals surface area contributed by atoms with Crippen LogP contribution in [0.1, 0.15) is 24.4 Å². The summed E-state index contributed by atoms with van der Waals surface area (Å²) in [5.41, 5.74) is 6.55. The summed E-state index contributed by atoms with van der Waals surface area (Å²) >= 11 is 11.7. The lowest BCUT2D eigenvalue weighted by Gasteiger charge is -2.13. The van der Waals surface area contributed by atoms with E-state index in [1.165, 1.54) is 12.1 Å². The number of halogens is 3. The molecule has 0 aliphatic heterocycles. The van der Waals surface area contributed by atoms with Gasteiger partial charge in [-0.15, -0.1) is 0 Å². The SMILES string of the molecule is N[C@H](c1cc(F)cc(Cl)c1Cl)C1CC1. The first-order chi connectivity index (χ1) is 6.59. The van der Waals surface area contributed by atoms with E-state index in [4.69, 9.17) is 28.9 Å². The molecule has 0 amide bonds. The van der Waals surface area contributed by atoms with Crippen molar-refractivity contribution in [1.29, 1.82) is 0 Å². The maximum absolute atomic E-state index is 13.1. The summed E-state index contributed by atoms with van der Waals surface area (Å²) < 4.78 is 13.1. The molecule has 0 aromatic heterocycles. The van der Waals surface area contributed by atoms with Crippen molar-refractivity contribution in [2.75, 3.05) is 0 Å². The Hall–Kier alpha value is -0.310. The van der Waals surface area contributed by atoms with E-state index in [0.29, 0.717) is 16.5 Å². The van der Waals surface area contributed by atoms with Gasteiger partial charge in [0.2, 0.25) is 0 Å². The van der Waals surface area contributed by atoms with Gasteiger partial charge in [-0.25, -0.2) is 4.39 Å². The van der Waals surface area contributed by atoms with Crippen molar-refractivity contribution in [1.82, 2.24) is 0 Å². The van der Waals surface area contributed by atoms with E-state index in [0.717, 1.165) is 12.8 Å². The van der Waals surface area contributed by atoms with Crippen LogP contribution in [0, 0.1) is 11.7 Å². The Balaban J connectivity index is 2.39. The molecular weight excluding hydrogens is 224 g/mol. The van der Waals surface area contributed by atoms with E-state index in [1.807, 2.05) is 0 Å². The molecule has 1 saturated carbocycles. The second-order valence-electron chi connectivity index (χ2n) is 3.65. The van der Waals surface area contributed by atoms with Crippen LogP contribution in [0.25, 0.3) is 0 Å². The molecule has 2 N–H and O–H groups in total. The van der Waals surface area contributed by atoms with Crippen molar-refractivity contribution in [3.05, 3.63) is 33.6 Å². The molecule has 1 fully saturated rings. The fourth-order valence-electron chi connectivity index (χ4n) is 1.53. The lowest BCUT2D eigenvalue weighted by Crippen LogP contribution is -2.13. The van der Waals surface area contributed by atoms with Gasteiger partial charge in [-0.1, -0.05) is 23.2 Å². The van der Waals surface area contributed by atoms with Crippen molar-refractivity contribution < 1.29 is 4.39 Å². The van der Waals surface area contributed by atoms with E-state index >= 15 is 0 Å². The number of benzene rings is 1. The largest absolute Gasteiger partial charge is 0.324 e. The highest BCUT2D eigenvalue weighted by molar-refractivity contribution is 6.42. The molecule has 14 heavy (non-hydrogen) atoms. The number of nitrogens with two attached hydrogens (primary N) is 1. The minimum absolute atomic E-state index is 0.185.